The normalized spacial score (nSPS) is 12.3. The molecule has 0 saturated heterocycles. The Bertz CT molecular complexity index is 894. The summed E-state index contributed by atoms with van der Waals surface area (Å²) in [7, 11) is -4.34. The van der Waals surface area contributed by atoms with Gasteiger partial charge in [0, 0.05) is 17.1 Å². The fourth-order valence-corrected chi connectivity index (χ4v) is 3.79. The number of aromatic carboxylic acids is 1. The first-order valence-electron chi connectivity index (χ1n) is 6.63. The first-order chi connectivity index (χ1) is 11.5. The largest absolute Gasteiger partial charge is 0.478 e. The quantitative estimate of drug-likeness (QED) is 0.648. The summed E-state index contributed by atoms with van der Waals surface area (Å²) in [6.07, 6.45) is 0. The van der Waals surface area contributed by atoms with Crippen molar-refractivity contribution in [2.45, 2.75) is 28.9 Å². The highest BCUT2D eigenvalue weighted by Crippen LogP contribution is 2.38. The molecule has 136 valence electrons. The summed E-state index contributed by atoms with van der Waals surface area (Å²) < 4.78 is 64.2. The lowest BCUT2D eigenvalue weighted by Gasteiger charge is -2.11. The predicted molar refractivity (Wildman–Crippen MR) is 82.7 cm³/mol. The highest BCUT2D eigenvalue weighted by Gasteiger charge is 2.31. The fraction of sp³-hybridized carbons (Fsp3) is 0.231. The molecule has 0 unspecified atom stereocenters. The Labute approximate surface area is 144 Å². The molecule has 2 rings (SSSR count). The van der Waals surface area contributed by atoms with Crippen LogP contribution in [0.2, 0.25) is 0 Å². The van der Waals surface area contributed by atoms with Gasteiger partial charge in [0.25, 0.3) is 10.0 Å². The van der Waals surface area contributed by atoms with E-state index in [9.17, 15) is 26.4 Å². The average molecular weight is 395 g/mol. The van der Waals surface area contributed by atoms with Gasteiger partial charge in [0.05, 0.1) is 0 Å². The summed E-state index contributed by atoms with van der Waals surface area (Å²) in [5, 5.41) is 14.1. The van der Waals surface area contributed by atoms with E-state index in [-0.39, 0.29) is 27.9 Å². The van der Waals surface area contributed by atoms with Crippen molar-refractivity contribution in [2.75, 3.05) is 0 Å². The Morgan fingerprint density at radius 1 is 1.36 bits per heavy atom. The van der Waals surface area contributed by atoms with Gasteiger partial charge in [0.1, 0.15) is 5.56 Å². The minimum Gasteiger partial charge on any atom is -0.478 e. The van der Waals surface area contributed by atoms with Gasteiger partial charge in [-0.25, -0.2) is 17.9 Å². The van der Waals surface area contributed by atoms with Crippen molar-refractivity contribution in [3.63, 3.8) is 0 Å². The number of halogens is 3. The first-order valence-corrected chi connectivity index (χ1v) is 8.93. The van der Waals surface area contributed by atoms with Crippen molar-refractivity contribution >= 4 is 27.8 Å². The molecule has 2 aromatic rings. The van der Waals surface area contributed by atoms with Crippen molar-refractivity contribution < 1.29 is 31.5 Å². The molecule has 0 atom stereocenters. The highest BCUT2D eigenvalue weighted by molar-refractivity contribution is 8.00. The number of thioether (sulfide) groups is 1. The number of hydrogen-bond donors (Lipinski definition) is 3. The summed E-state index contributed by atoms with van der Waals surface area (Å²) in [5.41, 5.74) is -4.91. The van der Waals surface area contributed by atoms with Gasteiger partial charge in [-0.3, -0.25) is 5.10 Å². The molecule has 12 heteroatoms. The Hall–Kier alpha value is -2.05. The van der Waals surface area contributed by atoms with Crippen LogP contribution in [0.25, 0.3) is 0 Å². The smallest absolute Gasteiger partial charge is 0.446 e. The summed E-state index contributed by atoms with van der Waals surface area (Å²) in [5.74, 6) is -1.49. The number of carbonyl (C=O) groups is 1. The summed E-state index contributed by atoms with van der Waals surface area (Å²) in [6, 6.07) is 5.41. The van der Waals surface area contributed by atoms with Crippen molar-refractivity contribution in [3.05, 3.63) is 41.1 Å². The number of sulfonamides is 1. The molecule has 25 heavy (non-hydrogen) atoms. The predicted octanol–water partition coefficient (Wildman–Crippen LogP) is 2.51. The number of hydrogen-bond acceptors (Lipinski definition) is 5. The monoisotopic (exact) mass is 395 g/mol. The summed E-state index contributed by atoms with van der Waals surface area (Å²) in [6.45, 7) is 0.886. The van der Waals surface area contributed by atoms with Crippen LogP contribution in [0, 0.1) is 6.92 Å². The third kappa shape index (κ3) is 4.74. The van der Waals surface area contributed by atoms with Gasteiger partial charge in [0.2, 0.25) is 5.03 Å². The molecule has 0 saturated carbocycles. The number of H-pyrrole nitrogens is 1. The van der Waals surface area contributed by atoms with Crippen LogP contribution in [0.3, 0.4) is 0 Å². The van der Waals surface area contributed by atoms with Gasteiger partial charge in [-0.2, -0.15) is 18.3 Å². The number of benzene rings is 1. The van der Waals surface area contributed by atoms with E-state index < -0.39 is 38.6 Å². The lowest BCUT2D eigenvalue weighted by Crippen LogP contribution is -2.25. The van der Waals surface area contributed by atoms with Gasteiger partial charge in [-0.05, 0) is 30.3 Å². The number of nitrogens with one attached hydrogen (secondary N) is 2. The van der Waals surface area contributed by atoms with Gasteiger partial charge >= 0.3 is 11.5 Å². The van der Waals surface area contributed by atoms with E-state index in [0.717, 1.165) is 0 Å². The van der Waals surface area contributed by atoms with Crippen LogP contribution in [0.15, 0.2) is 34.2 Å². The van der Waals surface area contributed by atoms with Crippen LogP contribution in [0.4, 0.5) is 13.2 Å². The van der Waals surface area contributed by atoms with Crippen LogP contribution in [0.1, 0.15) is 21.6 Å². The Kier molecular flexibility index (Phi) is 5.44. The van der Waals surface area contributed by atoms with Crippen molar-refractivity contribution in [2.24, 2.45) is 0 Å². The average Bonchev–Trinajstić information content (AvgIpc) is 2.87. The van der Waals surface area contributed by atoms with Crippen LogP contribution in [-0.2, 0) is 16.6 Å². The molecule has 1 aromatic heterocycles. The second kappa shape index (κ2) is 7.06. The number of aryl methyl sites for hydroxylation is 1. The number of carboxylic acid groups (broad SMARTS) is 1. The molecular weight excluding hydrogens is 383 g/mol. The van der Waals surface area contributed by atoms with Crippen LogP contribution in [-0.4, -0.2) is 35.2 Å². The van der Waals surface area contributed by atoms with Crippen LogP contribution >= 0.6 is 11.8 Å². The van der Waals surface area contributed by atoms with Crippen molar-refractivity contribution in [3.8, 4) is 0 Å². The maximum absolute atomic E-state index is 12.5. The van der Waals surface area contributed by atoms with Crippen LogP contribution in [0.5, 0.6) is 0 Å². The van der Waals surface area contributed by atoms with Gasteiger partial charge in [0.15, 0.2) is 0 Å². The topological polar surface area (TPSA) is 112 Å². The van der Waals surface area contributed by atoms with E-state index in [4.69, 9.17) is 5.11 Å². The van der Waals surface area contributed by atoms with Gasteiger partial charge in [-0.1, -0.05) is 18.2 Å². The Morgan fingerprint density at radius 2 is 2.00 bits per heavy atom. The second-order valence-electron chi connectivity index (χ2n) is 4.81. The molecule has 1 aromatic carbocycles. The molecule has 7 nitrogen and oxygen atoms in total. The van der Waals surface area contributed by atoms with E-state index in [0.29, 0.717) is 0 Å². The molecule has 0 bridgehead atoms. The SMILES string of the molecule is Cc1[nH]nc(S(=O)(=O)NCc2ccccc2SC(F)(F)F)c1C(=O)O. The number of nitrogens with zero attached hydrogens (tertiary/aromatic N) is 1. The van der Waals surface area contributed by atoms with E-state index in [1.54, 1.807) is 0 Å². The lowest BCUT2D eigenvalue weighted by molar-refractivity contribution is -0.0328. The maximum atomic E-state index is 12.5. The Balaban J connectivity index is 2.26. The minimum absolute atomic E-state index is 0.0425. The first kappa shape index (κ1) is 19.3. The van der Waals surface area contributed by atoms with Crippen LogP contribution < -0.4 is 4.72 Å². The zero-order chi connectivity index (χ0) is 18.8. The molecule has 3 N–H and O–H groups in total. The third-order valence-electron chi connectivity index (χ3n) is 3.03. The second-order valence-corrected chi connectivity index (χ2v) is 7.60. The van der Waals surface area contributed by atoms with E-state index in [2.05, 4.69) is 14.9 Å². The molecule has 0 fully saturated rings. The number of carboxylic acids is 1. The lowest BCUT2D eigenvalue weighted by atomic mass is 10.2. The van der Waals surface area contributed by atoms with E-state index in [1.165, 1.54) is 31.2 Å². The fourth-order valence-electron chi connectivity index (χ4n) is 1.97. The highest BCUT2D eigenvalue weighted by atomic mass is 32.2. The van der Waals surface area contributed by atoms with Gasteiger partial charge in [-0.15, -0.1) is 0 Å². The molecule has 0 amide bonds. The maximum Gasteiger partial charge on any atom is 0.446 e. The Morgan fingerprint density at radius 3 is 2.60 bits per heavy atom. The minimum atomic E-state index is -4.52. The molecule has 1 heterocycles. The van der Waals surface area contributed by atoms with E-state index >= 15 is 0 Å². The summed E-state index contributed by atoms with van der Waals surface area (Å²) >= 11 is -0.365. The standard InChI is InChI=1S/C13H12F3N3O4S2/c1-7-10(12(20)21)11(19-18-7)25(22,23)17-6-8-4-2-3-5-9(8)24-13(14,15)16/h2-5,17H,6H2,1H3,(H,18,19)(H,20,21). The number of rotatable bonds is 6. The zero-order valence-corrected chi connectivity index (χ0v) is 14.2. The third-order valence-corrected chi connectivity index (χ3v) is 5.21. The van der Waals surface area contributed by atoms with Gasteiger partial charge < -0.3 is 5.11 Å². The molecule has 0 aliphatic rings. The molecule has 0 spiro atoms. The number of aromatic amines is 1. The van der Waals surface area contributed by atoms with E-state index in [1.807, 2.05) is 0 Å². The molecular formula is C13H12F3N3O4S2. The van der Waals surface area contributed by atoms with Crippen molar-refractivity contribution in [1.82, 2.24) is 14.9 Å². The number of alkyl halides is 3. The molecule has 0 radical (unpaired) electrons. The number of aromatic nitrogens is 2. The zero-order valence-electron chi connectivity index (χ0n) is 12.6. The summed E-state index contributed by atoms with van der Waals surface area (Å²) in [4.78, 5) is 11.0. The molecule has 0 aliphatic heterocycles. The van der Waals surface area contributed by atoms with Crippen molar-refractivity contribution in [1.29, 1.82) is 0 Å². The molecule has 0 aliphatic carbocycles.